The molecule has 3 nitrogen and oxygen atoms in total. The number of carbonyl (C=O) groups excluding carboxylic acids is 1. The van der Waals surface area contributed by atoms with Crippen LogP contribution >= 0.6 is 48.0 Å². The molecule has 0 aliphatic carbocycles. The number of ketones is 1. The van der Waals surface area contributed by atoms with Gasteiger partial charge in [-0.15, -0.1) is 0 Å². The minimum Gasteiger partial charge on any atom is -0.357 e. The Balaban J connectivity index is 1.64. The molecule has 0 N–H and O–H groups in total. The number of thiocarbonyl (C=S) groups is 2. The van der Waals surface area contributed by atoms with E-state index in [1.165, 1.54) is 25.7 Å². The molecule has 1 aromatic rings. The standard InChI is InChI=1S/C19H24N2OS4/c22-16(15-8-2-1-3-9-15)14-17(25-18(23)20-10-4-5-11-20)26-19(24)21-12-6-7-13-21/h1-3,8-9,17H,4-7,10-14H2. The van der Waals surface area contributed by atoms with Crippen LogP contribution in [0.15, 0.2) is 30.3 Å². The van der Waals surface area contributed by atoms with Crippen LogP contribution in [0, 0.1) is 0 Å². The van der Waals surface area contributed by atoms with E-state index in [2.05, 4.69) is 9.80 Å². The zero-order chi connectivity index (χ0) is 18.4. The third-order valence-electron chi connectivity index (χ3n) is 4.64. The molecule has 2 fully saturated rings. The van der Waals surface area contributed by atoms with E-state index < -0.39 is 0 Å². The van der Waals surface area contributed by atoms with Gasteiger partial charge in [-0.05, 0) is 25.7 Å². The number of Topliss-reactive ketones (excluding diaryl/α,β-unsaturated/α-hetero) is 1. The van der Waals surface area contributed by atoms with Gasteiger partial charge in [0.1, 0.15) is 8.64 Å². The van der Waals surface area contributed by atoms with Gasteiger partial charge in [0.15, 0.2) is 5.78 Å². The first-order chi connectivity index (χ1) is 12.6. The zero-order valence-electron chi connectivity index (χ0n) is 14.8. The largest absolute Gasteiger partial charge is 0.357 e. The Morgan fingerprint density at radius 2 is 1.35 bits per heavy atom. The Morgan fingerprint density at radius 1 is 0.885 bits per heavy atom. The first-order valence-corrected chi connectivity index (χ1v) is 11.7. The summed E-state index contributed by atoms with van der Waals surface area (Å²) in [6.07, 6.45) is 5.25. The van der Waals surface area contributed by atoms with Crippen molar-refractivity contribution in [2.45, 2.75) is 36.7 Å². The van der Waals surface area contributed by atoms with Crippen molar-refractivity contribution in [3.05, 3.63) is 35.9 Å². The van der Waals surface area contributed by atoms with Crippen LogP contribution in [0.2, 0.25) is 0 Å². The number of rotatable bonds is 5. The van der Waals surface area contributed by atoms with E-state index in [4.69, 9.17) is 24.4 Å². The van der Waals surface area contributed by atoms with Crippen molar-refractivity contribution < 1.29 is 4.79 Å². The molecule has 26 heavy (non-hydrogen) atoms. The summed E-state index contributed by atoms with van der Waals surface area (Å²) >= 11 is 14.6. The molecule has 0 bridgehead atoms. The SMILES string of the molecule is O=C(CC(SC(=S)N1CCCC1)SC(=S)N1CCCC1)c1ccccc1. The summed E-state index contributed by atoms with van der Waals surface area (Å²) in [5.74, 6) is 0.157. The van der Waals surface area contributed by atoms with Crippen molar-refractivity contribution in [3.63, 3.8) is 0 Å². The predicted octanol–water partition coefficient (Wildman–Crippen LogP) is 4.81. The minimum atomic E-state index is 0.0314. The van der Waals surface area contributed by atoms with Crippen LogP contribution in [0.4, 0.5) is 0 Å². The highest BCUT2D eigenvalue weighted by atomic mass is 32.2. The summed E-state index contributed by atoms with van der Waals surface area (Å²) in [6, 6.07) is 9.51. The summed E-state index contributed by atoms with van der Waals surface area (Å²) in [6.45, 7) is 4.14. The van der Waals surface area contributed by atoms with Crippen LogP contribution in [-0.2, 0) is 0 Å². The van der Waals surface area contributed by atoms with E-state index in [0.717, 1.165) is 40.4 Å². The Kier molecular flexibility index (Phi) is 7.78. The average molecular weight is 425 g/mol. The Bertz CT molecular complexity index is 610. The molecule has 2 aliphatic rings. The van der Waals surface area contributed by atoms with E-state index in [1.54, 1.807) is 23.5 Å². The first-order valence-electron chi connectivity index (χ1n) is 9.13. The highest BCUT2D eigenvalue weighted by molar-refractivity contribution is 8.36. The van der Waals surface area contributed by atoms with Gasteiger partial charge >= 0.3 is 0 Å². The summed E-state index contributed by atoms with van der Waals surface area (Å²) in [7, 11) is 0. The number of benzene rings is 1. The lowest BCUT2D eigenvalue weighted by Crippen LogP contribution is -2.28. The number of hydrogen-bond donors (Lipinski definition) is 0. The van der Waals surface area contributed by atoms with Crippen LogP contribution in [0.3, 0.4) is 0 Å². The van der Waals surface area contributed by atoms with Crippen LogP contribution in [0.1, 0.15) is 42.5 Å². The third-order valence-corrected chi connectivity index (χ3v) is 8.09. The first kappa shape index (κ1) is 20.1. The molecule has 7 heteroatoms. The fraction of sp³-hybridized carbons (Fsp3) is 0.526. The van der Waals surface area contributed by atoms with E-state index >= 15 is 0 Å². The minimum absolute atomic E-state index is 0.0314. The molecule has 140 valence electrons. The lowest BCUT2D eigenvalue weighted by Gasteiger charge is -2.25. The maximum absolute atomic E-state index is 12.7. The predicted molar refractivity (Wildman–Crippen MR) is 121 cm³/mol. The highest BCUT2D eigenvalue weighted by Gasteiger charge is 2.26. The van der Waals surface area contributed by atoms with Gasteiger partial charge in [0.05, 0.1) is 4.58 Å². The second-order valence-corrected chi connectivity index (χ2v) is 10.6. The van der Waals surface area contributed by atoms with Crippen molar-refractivity contribution in [3.8, 4) is 0 Å². The molecule has 0 aromatic heterocycles. The van der Waals surface area contributed by atoms with Gasteiger partial charge in [0.25, 0.3) is 0 Å². The summed E-state index contributed by atoms with van der Waals surface area (Å²) < 4.78 is 1.85. The summed E-state index contributed by atoms with van der Waals surface area (Å²) in [5.41, 5.74) is 0.762. The lowest BCUT2D eigenvalue weighted by molar-refractivity contribution is 0.0987. The summed E-state index contributed by atoms with van der Waals surface area (Å²) in [5, 5.41) is 0. The molecule has 2 heterocycles. The molecule has 3 rings (SSSR count). The molecule has 0 atom stereocenters. The second-order valence-electron chi connectivity index (χ2n) is 6.58. The van der Waals surface area contributed by atoms with Crippen molar-refractivity contribution in [1.29, 1.82) is 0 Å². The van der Waals surface area contributed by atoms with E-state index in [0.29, 0.717) is 6.42 Å². The van der Waals surface area contributed by atoms with Gasteiger partial charge in [0, 0.05) is 38.2 Å². The molecule has 0 radical (unpaired) electrons. The fourth-order valence-electron chi connectivity index (χ4n) is 3.17. The summed E-state index contributed by atoms with van der Waals surface area (Å²) in [4.78, 5) is 17.2. The van der Waals surface area contributed by atoms with Crippen molar-refractivity contribution in [2.75, 3.05) is 26.2 Å². The normalized spacial score (nSPS) is 17.1. The molecule has 0 amide bonds. The molecule has 2 aliphatic heterocycles. The molecule has 0 unspecified atom stereocenters. The van der Waals surface area contributed by atoms with E-state index in [-0.39, 0.29) is 10.4 Å². The van der Waals surface area contributed by atoms with Crippen molar-refractivity contribution in [2.24, 2.45) is 0 Å². The Hall–Kier alpha value is -0.630. The second kappa shape index (κ2) is 10.1. The maximum atomic E-state index is 12.7. The zero-order valence-corrected chi connectivity index (χ0v) is 18.0. The van der Waals surface area contributed by atoms with Crippen LogP contribution in [-0.4, -0.2) is 55.0 Å². The smallest absolute Gasteiger partial charge is 0.164 e. The molecule has 1 aromatic carbocycles. The van der Waals surface area contributed by atoms with E-state index in [1.807, 2.05) is 30.3 Å². The number of thioether (sulfide) groups is 2. The van der Waals surface area contributed by atoms with Gasteiger partial charge in [-0.2, -0.15) is 0 Å². The maximum Gasteiger partial charge on any atom is 0.164 e. The molecular weight excluding hydrogens is 400 g/mol. The van der Waals surface area contributed by atoms with Crippen molar-refractivity contribution in [1.82, 2.24) is 9.80 Å². The molecule has 2 saturated heterocycles. The van der Waals surface area contributed by atoms with Crippen molar-refractivity contribution >= 4 is 62.4 Å². The van der Waals surface area contributed by atoms with Crippen LogP contribution in [0.25, 0.3) is 0 Å². The van der Waals surface area contributed by atoms with Gasteiger partial charge < -0.3 is 9.80 Å². The fourth-order valence-corrected chi connectivity index (χ4v) is 6.92. The highest BCUT2D eigenvalue weighted by Crippen LogP contribution is 2.34. The van der Waals surface area contributed by atoms with Gasteiger partial charge in [-0.3, -0.25) is 4.79 Å². The molecular formula is C19H24N2OS4. The molecule has 0 spiro atoms. The number of carbonyl (C=O) groups is 1. The van der Waals surface area contributed by atoms with Crippen LogP contribution < -0.4 is 0 Å². The lowest BCUT2D eigenvalue weighted by atomic mass is 10.1. The average Bonchev–Trinajstić information content (AvgIpc) is 3.36. The van der Waals surface area contributed by atoms with Gasteiger partial charge in [-0.25, -0.2) is 0 Å². The van der Waals surface area contributed by atoms with Gasteiger partial charge in [0.2, 0.25) is 0 Å². The van der Waals surface area contributed by atoms with Gasteiger partial charge in [-0.1, -0.05) is 78.3 Å². The number of likely N-dealkylation sites (tertiary alicyclic amines) is 2. The Morgan fingerprint density at radius 3 is 1.81 bits per heavy atom. The third kappa shape index (κ3) is 5.68. The number of hydrogen-bond acceptors (Lipinski definition) is 5. The topological polar surface area (TPSA) is 23.6 Å². The van der Waals surface area contributed by atoms with E-state index in [9.17, 15) is 4.79 Å². The quantitative estimate of drug-likeness (QED) is 0.380. The van der Waals surface area contributed by atoms with Crippen LogP contribution in [0.5, 0.6) is 0 Å². The number of nitrogens with zero attached hydrogens (tertiary/aromatic N) is 2. The Labute approximate surface area is 175 Å². The molecule has 0 saturated carbocycles. The monoisotopic (exact) mass is 424 g/mol.